The van der Waals surface area contributed by atoms with Crippen LogP contribution in [0.3, 0.4) is 0 Å². The van der Waals surface area contributed by atoms with Gasteiger partial charge in [-0.1, -0.05) is 0 Å². The van der Waals surface area contributed by atoms with Gasteiger partial charge in [0.2, 0.25) is 0 Å². The molecule has 0 fully saturated rings. The molecule has 0 spiro atoms. The Bertz CT molecular complexity index is 637. The molecule has 0 rings (SSSR count). The number of hydrogen-bond acceptors (Lipinski definition) is 8. The standard InChI is InChI=1S/2C6H12O3.C5H11O.3C4H9.O.2Sn/c2*1-5(2)3-4-9-6(7)8;1-5(2)3-4-6;3*1-3-4-2;;;/h2*5H,3-4H2,1-2H3,(H,7,8);5H,3-4H2,1-2H3;3*1,3-4H2,2H3;;;/q;;-1;;;;;+1;+2/p-2. The second kappa shape index (κ2) is 22.6. The molecule has 0 aliphatic rings. The van der Waals surface area contributed by atoms with Gasteiger partial charge in [0.15, 0.2) is 0 Å². The molecular weight excluding hydrogens is 714 g/mol. The fourth-order valence-corrected chi connectivity index (χ4v) is 38.7. The molecule has 0 aromatic rings. The molecule has 232 valence electrons. The molecule has 0 saturated carbocycles. The summed E-state index contributed by atoms with van der Waals surface area (Å²) >= 11 is -8.76. The van der Waals surface area contributed by atoms with Crippen molar-refractivity contribution in [3.8, 4) is 0 Å². The quantitative estimate of drug-likeness (QED) is 0.0751. The van der Waals surface area contributed by atoms with Gasteiger partial charge in [-0.15, -0.1) is 0 Å². The van der Waals surface area contributed by atoms with Crippen LogP contribution < -0.4 is 0 Å². The van der Waals surface area contributed by atoms with Crippen molar-refractivity contribution in [2.45, 2.75) is 133 Å². The van der Waals surface area contributed by atoms with Gasteiger partial charge in [0.25, 0.3) is 0 Å². The number of unbranched alkanes of at least 4 members (excludes halogenated alkanes) is 3. The molecule has 0 amide bonds. The van der Waals surface area contributed by atoms with E-state index < -0.39 is 51.1 Å². The third-order valence-electron chi connectivity index (χ3n) is 6.36. The third-order valence-corrected chi connectivity index (χ3v) is 35.2. The molecule has 0 N–H and O–H groups in total. The van der Waals surface area contributed by atoms with Crippen molar-refractivity contribution in [1.82, 2.24) is 0 Å². The minimum absolute atomic E-state index is 0.289. The second-order valence-corrected chi connectivity index (χ2v) is 31.7. The predicted octanol–water partition coefficient (Wildman–Crippen LogP) is 9.25. The minimum atomic E-state index is -4.58. The van der Waals surface area contributed by atoms with Gasteiger partial charge >= 0.3 is 252 Å². The maximum atomic E-state index is 13.0. The molecule has 0 heterocycles. The van der Waals surface area contributed by atoms with Crippen LogP contribution >= 0.6 is 0 Å². The summed E-state index contributed by atoms with van der Waals surface area (Å²) < 4.78 is 38.9. The molecule has 39 heavy (non-hydrogen) atoms. The van der Waals surface area contributed by atoms with Gasteiger partial charge < -0.3 is 0 Å². The molecule has 1 atom stereocenters. The average molecular weight is 774 g/mol. The summed E-state index contributed by atoms with van der Waals surface area (Å²) in [7, 11) is 0. The molecule has 0 aromatic heterocycles. The van der Waals surface area contributed by atoms with Gasteiger partial charge in [-0.25, -0.2) is 0 Å². The van der Waals surface area contributed by atoms with Crippen molar-refractivity contribution in [2.24, 2.45) is 17.8 Å². The van der Waals surface area contributed by atoms with Gasteiger partial charge in [0.1, 0.15) is 0 Å². The maximum absolute atomic E-state index is 13.0. The van der Waals surface area contributed by atoms with Crippen molar-refractivity contribution in [1.29, 1.82) is 0 Å². The van der Waals surface area contributed by atoms with E-state index in [-0.39, 0.29) is 6.61 Å². The van der Waals surface area contributed by atoms with Gasteiger partial charge in [-0.05, 0) is 0 Å². The van der Waals surface area contributed by atoms with E-state index in [1.165, 1.54) is 0 Å². The van der Waals surface area contributed by atoms with Gasteiger partial charge in [0, 0.05) is 0 Å². The Balaban J connectivity index is 6.25. The van der Waals surface area contributed by atoms with Crippen LogP contribution in [0.25, 0.3) is 0 Å². The summed E-state index contributed by atoms with van der Waals surface area (Å²) in [4.78, 5) is 26.0. The fourth-order valence-electron chi connectivity index (χ4n) is 3.72. The molecular formula is C29H60O8Sn2. The molecule has 10 heteroatoms. The van der Waals surface area contributed by atoms with E-state index in [0.717, 1.165) is 57.8 Å². The molecule has 0 bridgehead atoms. The Morgan fingerprint density at radius 3 is 1.44 bits per heavy atom. The molecule has 8 nitrogen and oxygen atoms in total. The van der Waals surface area contributed by atoms with Gasteiger partial charge in [0.05, 0.1) is 0 Å². The van der Waals surface area contributed by atoms with Crippen LogP contribution in [-0.2, 0) is 20.1 Å². The zero-order valence-corrected chi connectivity index (χ0v) is 32.3. The normalized spacial score (nSPS) is 13.5. The summed E-state index contributed by atoms with van der Waals surface area (Å²) in [5, 5.41) is 0. The first-order valence-corrected chi connectivity index (χ1v) is 27.4. The Hall–Kier alpha value is 0.0574. The van der Waals surface area contributed by atoms with E-state index >= 15 is 0 Å². The van der Waals surface area contributed by atoms with Crippen molar-refractivity contribution in [2.75, 3.05) is 19.8 Å². The van der Waals surface area contributed by atoms with Crippen LogP contribution in [-0.4, -0.2) is 71.0 Å². The Morgan fingerprint density at radius 1 is 0.590 bits per heavy atom. The topological polar surface area (TPSA) is 89.5 Å². The van der Waals surface area contributed by atoms with Crippen LogP contribution in [0.2, 0.25) is 13.3 Å². The zero-order chi connectivity index (χ0) is 29.7. The van der Waals surface area contributed by atoms with Crippen molar-refractivity contribution in [3.63, 3.8) is 0 Å². The van der Waals surface area contributed by atoms with E-state index in [1.54, 1.807) is 0 Å². The Morgan fingerprint density at radius 2 is 1.00 bits per heavy atom. The SMILES string of the molecule is CCC[CH2][Sn]([CH2]CCC)([O]C(=O)OCCC(C)C)[O][Sn]([CH2]CCC)([O]CCC(C)C)[O]C(=O)OCCC(C)C. The zero-order valence-electron chi connectivity index (χ0n) is 26.6. The molecule has 0 aliphatic carbocycles. The molecule has 1 unspecified atom stereocenters. The number of rotatable bonds is 23. The molecule has 0 saturated heterocycles. The molecule has 0 aliphatic heterocycles. The number of ether oxygens (including phenoxy) is 2. The number of hydrogen-bond donors (Lipinski definition) is 0. The number of carbonyl (C=O) groups excluding carboxylic acids is 2. The summed E-state index contributed by atoms with van der Waals surface area (Å²) in [5.74, 6) is 1.26. The van der Waals surface area contributed by atoms with Gasteiger partial charge in [-0.3, -0.25) is 0 Å². The van der Waals surface area contributed by atoms with Crippen LogP contribution in [0.15, 0.2) is 0 Å². The monoisotopic (exact) mass is 776 g/mol. The van der Waals surface area contributed by atoms with E-state index in [4.69, 9.17) is 20.1 Å². The van der Waals surface area contributed by atoms with Crippen LogP contribution in [0.4, 0.5) is 9.59 Å². The van der Waals surface area contributed by atoms with Crippen LogP contribution in [0, 0.1) is 17.8 Å². The molecule has 0 aromatic carbocycles. The fraction of sp³-hybridized carbons (Fsp3) is 0.931. The average Bonchev–Trinajstić information content (AvgIpc) is 2.84. The van der Waals surface area contributed by atoms with E-state index in [2.05, 4.69) is 62.3 Å². The summed E-state index contributed by atoms with van der Waals surface area (Å²) in [6, 6.07) is 0. The third kappa shape index (κ3) is 19.7. The predicted molar refractivity (Wildman–Crippen MR) is 161 cm³/mol. The first-order valence-electron chi connectivity index (χ1n) is 15.5. The van der Waals surface area contributed by atoms with E-state index in [1.807, 2.05) is 0 Å². The van der Waals surface area contributed by atoms with Crippen molar-refractivity contribution < 1.29 is 29.7 Å². The summed E-state index contributed by atoms with van der Waals surface area (Å²) in [6.07, 6.45) is 6.32. The summed E-state index contributed by atoms with van der Waals surface area (Å²) in [6.45, 7) is 20.0. The number of carbonyl (C=O) groups is 2. The molecule has 0 radical (unpaired) electrons. The summed E-state index contributed by atoms with van der Waals surface area (Å²) in [5.41, 5.74) is 0. The first kappa shape index (κ1) is 39.1. The van der Waals surface area contributed by atoms with Gasteiger partial charge in [-0.2, -0.15) is 0 Å². The van der Waals surface area contributed by atoms with Crippen LogP contribution in [0.5, 0.6) is 0 Å². The Labute approximate surface area is 250 Å². The van der Waals surface area contributed by atoms with E-state index in [9.17, 15) is 9.59 Å². The van der Waals surface area contributed by atoms with Crippen LogP contribution in [0.1, 0.15) is 120 Å². The van der Waals surface area contributed by atoms with Crippen molar-refractivity contribution in [3.05, 3.63) is 0 Å². The van der Waals surface area contributed by atoms with E-state index in [0.29, 0.717) is 44.3 Å². The first-order chi connectivity index (χ1) is 18.4. The second-order valence-electron chi connectivity index (χ2n) is 11.8. The van der Waals surface area contributed by atoms with Crippen molar-refractivity contribution >= 4 is 51.1 Å². The Kier molecular flexibility index (Phi) is 22.7.